The number of carbonyl (C=O) groups is 2. The number of rotatable bonds is 7. The molecule has 154 valence electrons. The van der Waals surface area contributed by atoms with E-state index in [0.717, 1.165) is 0 Å². The van der Waals surface area contributed by atoms with Gasteiger partial charge in [0.2, 0.25) is 0 Å². The second-order valence-electron chi connectivity index (χ2n) is 5.78. The van der Waals surface area contributed by atoms with Crippen molar-refractivity contribution in [3.8, 4) is 23.8 Å². The molecule has 0 saturated carbocycles. The number of hydrogen-bond donors (Lipinski definition) is 1. The highest BCUT2D eigenvalue weighted by Gasteiger charge is 2.32. The highest BCUT2D eigenvalue weighted by molar-refractivity contribution is 7.80. The number of methoxy groups -OCH3 is 2. The average Bonchev–Trinajstić information content (AvgIpc) is 2.75. The molecule has 30 heavy (non-hydrogen) atoms. The summed E-state index contributed by atoms with van der Waals surface area (Å²) in [7, 11) is 2.82. The molecule has 0 radical (unpaired) electrons. The zero-order chi connectivity index (χ0) is 21.7. The van der Waals surface area contributed by atoms with E-state index in [1.807, 2.05) is 0 Å². The molecule has 1 aliphatic rings. The Kier molecular flexibility index (Phi) is 6.32. The second kappa shape index (κ2) is 9.09. The standard InChI is InChI=1S/C19H17N5O5S/c1-4-9-24-15(26)13(14(25)20-19(24)30)10-11-5-7-12(8-6-11)29-18-22-16(27-2)21-17(23-18)28-3/h4-8,10H,1,9H2,2-3H3,(H,20,25,30)/b13-10+. The van der Waals surface area contributed by atoms with Crippen molar-refractivity contribution in [3.63, 3.8) is 0 Å². The van der Waals surface area contributed by atoms with E-state index >= 15 is 0 Å². The normalized spacial score (nSPS) is 15.1. The van der Waals surface area contributed by atoms with Crippen LogP contribution in [-0.2, 0) is 9.59 Å². The number of nitrogens with zero attached hydrogens (tertiary/aromatic N) is 4. The quantitative estimate of drug-likeness (QED) is 0.304. The van der Waals surface area contributed by atoms with Crippen LogP contribution >= 0.6 is 12.2 Å². The van der Waals surface area contributed by atoms with Crippen LogP contribution in [-0.4, -0.2) is 57.5 Å². The van der Waals surface area contributed by atoms with E-state index in [4.69, 9.17) is 26.4 Å². The number of hydrogen-bond acceptors (Lipinski definition) is 9. The Morgan fingerprint density at radius 2 is 1.67 bits per heavy atom. The van der Waals surface area contributed by atoms with Crippen LogP contribution < -0.4 is 19.5 Å². The molecule has 0 bridgehead atoms. The molecule has 0 atom stereocenters. The van der Waals surface area contributed by atoms with E-state index in [9.17, 15) is 9.59 Å². The number of thiocarbonyl (C=S) groups is 1. The van der Waals surface area contributed by atoms with Gasteiger partial charge in [0.05, 0.1) is 14.2 Å². The van der Waals surface area contributed by atoms with Crippen LogP contribution in [0.2, 0.25) is 0 Å². The van der Waals surface area contributed by atoms with Crippen LogP contribution in [0.4, 0.5) is 0 Å². The lowest BCUT2D eigenvalue weighted by Gasteiger charge is -2.27. The molecule has 3 rings (SSSR count). The number of nitrogens with one attached hydrogen (secondary N) is 1. The number of ether oxygens (including phenoxy) is 3. The van der Waals surface area contributed by atoms with Crippen LogP contribution in [0, 0.1) is 0 Å². The molecule has 0 unspecified atom stereocenters. The smallest absolute Gasteiger partial charge is 0.331 e. The van der Waals surface area contributed by atoms with Gasteiger partial charge in [0, 0.05) is 6.54 Å². The topological polar surface area (TPSA) is 116 Å². The third-order valence-corrected chi connectivity index (χ3v) is 4.16. The zero-order valence-corrected chi connectivity index (χ0v) is 16.9. The molecule has 0 aliphatic carbocycles. The van der Waals surface area contributed by atoms with Crippen LogP contribution in [0.1, 0.15) is 5.56 Å². The van der Waals surface area contributed by atoms with Crippen LogP contribution in [0.25, 0.3) is 6.08 Å². The van der Waals surface area contributed by atoms with Crippen LogP contribution in [0.3, 0.4) is 0 Å². The summed E-state index contributed by atoms with van der Waals surface area (Å²) in [6.07, 6.45) is 2.99. The first-order valence-corrected chi connectivity index (χ1v) is 8.97. The minimum atomic E-state index is -0.560. The summed E-state index contributed by atoms with van der Waals surface area (Å²) in [4.78, 5) is 37.9. The maximum atomic E-state index is 12.6. The molecule has 0 spiro atoms. The minimum Gasteiger partial charge on any atom is -0.467 e. The number of carbonyl (C=O) groups excluding carboxylic acids is 2. The Labute approximate surface area is 177 Å². The molecule has 2 heterocycles. The average molecular weight is 427 g/mol. The lowest BCUT2D eigenvalue weighted by Crippen LogP contribution is -2.53. The maximum Gasteiger partial charge on any atom is 0.331 e. The second-order valence-corrected chi connectivity index (χ2v) is 6.17. The first-order valence-electron chi connectivity index (χ1n) is 8.57. The van der Waals surface area contributed by atoms with Crippen molar-refractivity contribution in [1.82, 2.24) is 25.2 Å². The Balaban J connectivity index is 1.80. The van der Waals surface area contributed by atoms with Gasteiger partial charge >= 0.3 is 18.0 Å². The van der Waals surface area contributed by atoms with Crippen molar-refractivity contribution < 1.29 is 23.8 Å². The molecular formula is C19H17N5O5S. The fraction of sp³-hybridized carbons (Fsp3) is 0.158. The van der Waals surface area contributed by atoms with E-state index in [1.54, 1.807) is 24.3 Å². The van der Waals surface area contributed by atoms with E-state index in [2.05, 4.69) is 26.8 Å². The van der Waals surface area contributed by atoms with Crippen LogP contribution in [0.5, 0.6) is 23.8 Å². The third-order valence-electron chi connectivity index (χ3n) is 3.84. The Hall–Kier alpha value is -3.86. The SMILES string of the molecule is C=CCN1C(=O)/C(=C/c2ccc(Oc3nc(OC)nc(OC)n3)cc2)C(=O)NC1=S. The Bertz CT molecular complexity index is 1020. The largest absolute Gasteiger partial charge is 0.467 e. The highest BCUT2D eigenvalue weighted by Crippen LogP contribution is 2.23. The maximum absolute atomic E-state index is 12.6. The number of amides is 2. The molecule has 10 nitrogen and oxygen atoms in total. The fourth-order valence-corrected chi connectivity index (χ4v) is 2.69. The van der Waals surface area contributed by atoms with E-state index < -0.39 is 11.8 Å². The summed E-state index contributed by atoms with van der Waals surface area (Å²) in [5.74, 6) is -0.635. The van der Waals surface area contributed by atoms with Gasteiger partial charge in [-0.05, 0) is 36.0 Å². The van der Waals surface area contributed by atoms with Crippen molar-refractivity contribution in [2.75, 3.05) is 20.8 Å². The Morgan fingerprint density at radius 3 is 2.23 bits per heavy atom. The predicted octanol–water partition coefficient (Wildman–Crippen LogP) is 1.49. The molecule has 1 aromatic heterocycles. The molecule has 1 N–H and O–H groups in total. The van der Waals surface area contributed by atoms with Crippen molar-refractivity contribution in [1.29, 1.82) is 0 Å². The fourth-order valence-electron chi connectivity index (χ4n) is 2.44. The van der Waals surface area contributed by atoms with E-state index in [0.29, 0.717) is 11.3 Å². The monoisotopic (exact) mass is 427 g/mol. The summed E-state index contributed by atoms with van der Waals surface area (Å²) in [5.41, 5.74) is 0.573. The summed E-state index contributed by atoms with van der Waals surface area (Å²) in [6.45, 7) is 3.78. The van der Waals surface area contributed by atoms with Gasteiger partial charge in [-0.25, -0.2) is 0 Å². The summed E-state index contributed by atoms with van der Waals surface area (Å²) >= 11 is 5.03. The van der Waals surface area contributed by atoms with E-state index in [-0.39, 0.29) is 35.3 Å². The zero-order valence-electron chi connectivity index (χ0n) is 16.1. The van der Waals surface area contributed by atoms with Gasteiger partial charge in [0.25, 0.3) is 11.8 Å². The van der Waals surface area contributed by atoms with Gasteiger partial charge in [-0.2, -0.15) is 0 Å². The van der Waals surface area contributed by atoms with Gasteiger partial charge in [0.15, 0.2) is 5.11 Å². The molecule has 11 heteroatoms. The molecule has 1 aromatic carbocycles. The number of aromatic nitrogens is 3. The summed E-state index contributed by atoms with van der Waals surface area (Å²) in [6, 6.07) is 6.68. The third kappa shape index (κ3) is 4.58. The van der Waals surface area contributed by atoms with Gasteiger partial charge in [-0.1, -0.05) is 18.2 Å². The van der Waals surface area contributed by atoms with Crippen LogP contribution in [0.15, 0.2) is 42.5 Å². The van der Waals surface area contributed by atoms with Crippen molar-refractivity contribution in [2.45, 2.75) is 0 Å². The van der Waals surface area contributed by atoms with E-state index in [1.165, 1.54) is 31.3 Å². The molecule has 1 aliphatic heterocycles. The number of benzene rings is 1. The minimum absolute atomic E-state index is 0.0137. The van der Waals surface area contributed by atoms with Crippen molar-refractivity contribution >= 4 is 35.2 Å². The first-order chi connectivity index (χ1) is 14.4. The lowest BCUT2D eigenvalue weighted by molar-refractivity contribution is -0.128. The summed E-state index contributed by atoms with van der Waals surface area (Å²) in [5, 5.41) is 2.54. The van der Waals surface area contributed by atoms with Crippen molar-refractivity contribution in [2.24, 2.45) is 0 Å². The first kappa shape index (κ1) is 20.9. The van der Waals surface area contributed by atoms with Gasteiger partial charge < -0.3 is 14.2 Å². The molecule has 2 aromatic rings. The van der Waals surface area contributed by atoms with Crippen molar-refractivity contribution in [3.05, 3.63) is 48.1 Å². The molecular weight excluding hydrogens is 410 g/mol. The highest BCUT2D eigenvalue weighted by atomic mass is 32.1. The Morgan fingerprint density at radius 1 is 1.07 bits per heavy atom. The van der Waals surface area contributed by atoms with Gasteiger partial charge in [-0.3, -0.25) is 19.8 Å². The summed E-state index contributed by atoms with van der Waals surface area (Å²) < 4.78 is 15.5. The lowest BCUT2D eigenvalue weighted by atomic mass is 10.1. The molecule has 1 saturated heterocycles. The molecule has 2 amide bonds. The molecule has 1 fully saturated rings. The predicted molar refractivity (Wildman–Crippen MR) is 110 cm³/mol. The van der Waals surface area contributed by atoms with Gasteiger partial charge in [-0.15, -0.1) is 21.5 Å². The van der Waals surface area contributed by atoms with Gasteiger partial charge in [0.1, 0.15) is 11.3 Å².